The molecule has 0 aromatic heterocycles. The molecule has 0 amide bonds. The van der Waals surface area contributed by atoms with Gasteiger partial charge in [-0.3, -0.25) is 4.79 Å². The molecule has 10 heteroatoms. The summed E-state index contributed by atoms with van der Waals surface area (Å²) in [6.07, 6.45) is 1.62. The molecule has 2 rings (SSSR count). The molecule has 1 heterocycles. The fraction of sp³-hybridized carbons (Fsp3) is 0.529. The highest BCUT2D eigenvalue weighted by atomic mass is 32.2. The van der Waals surface area contributed by atoms with Crippen LogP contribution in [0.5, 0.6) is 0 Å². The number of carboxylic acids is 1. The maximum atomic E-state index is 13.1. The summed E-state index contributed by atoms with van der Waals surface area (Å²) in [7, 11) is -7.25. The van der Waals surface area contributed by atoms with E-state index in [1.807, 2.05) is 6.07 Å². The van der Waals surface area contributed by atoms with Gasteiger partial charge in [-0.2, -0.15) is 9.57 Å². The minimum atomic E-state index is -3.97. The van der Waals surface area contributed by atoms with Gasteiger partial charge in [-0.05, 0) is 37.5 Å². The van der Waals surface area contributed by atoms with E-state index in [4.69, 9.17) is 10.4 Å². The van der Waals surface area contributed by atoms with E-state index in [0.29, 0.717) is 19.3 Å². The molecule has 0 radical (unpaired) electrons. The Morgan fingerprint density at radius 2 is 2.04 bits per heavy atom. The van der Waals surface area contributed by atoms with Crippen molar-refractivity contribution in [1.82, 2.24) is 4.31 Å². The molecule has 1 aliphatic heterocycles. The van der Waals surface area contributed by atoms with Crippen LogP contribution in [0.25, 0.3) is 0 Å². The Morgan fingerprint density at radius 1 is 1.30 bits per heavy atom. The summed E-state index contributed by atoms with van der Waals surface area (Å²) in [6.45, 7) is 0.110. The fourth-order valence-electron chi connectivity index (χ4n) is 3.08. The highest BCUT2D eigenvalue weighted by Crippen LogP contribution is 2.26. The van der Waals surface area contributed by atoms with E-state index in [-0.39, 0.29) is 41.4 Å². The lowest BCUT2D eigenvalue weighted by atomic mass is 10.2. The molecule has 8 nitrogen and oxygen atoms in total. The Labute approximate surface area is 159 Å². The van der Waals surface area contributed by atoms with E-state index in [1.54, 1.807) is 0 Å². The Morgan fingerprint density at radius 3 is 2.63 bits per heavy atom. The third-order valence-corrected chi connectivity index (χ3v) is 8.15. The van der Waals surface area contributed by atoms with Crippen LogP contribution < -0.4 is 0 Å². The van der Waals surface area contributed by atoms with E-state index < -0.39 is 31.9 Å². The maximum Gasteiger partial charge on any atom is 0.303 e. The Bertz CT molecular complexity index is 934. The van der Waals surface area contributed by atoms with Crippen LogP contribution in [0.4, 0.5) is 0 Å². The predicted molar refractivity (Wildman–Crippen MR) is 98.2 cm³/mol. The molecule has 1 aromatic rings. The van der Waals surface area contributed by atoms with Gasteiger partial charge in [0.05, 0.1) is 28.0 Å². The van der Waals surface area contributed by atoms with Crippen molar-refractivity contribution in [2.24, 2.45) is 0 Å². The smallest absolute Gasteiger partial charge is 0.303 e. The number of rotatable bonds is 9. The van der Waals surface area contributed by atoms with E-state index in [1.165, 1.54) is 28.6 Å². The molecule has 0 unspecified atom stereocenters. The van der Waals surface area contributed by atoms with Crippen molar-refractivity contribution in [3.63, 3.8) is 0 Å². The van der Waals surface area contributed by atoms with Gasteiger partial charge in [-0.1, -0.05) is 12.5 Å². The second-order valence-corrected chi connectivity index (χ2v) is 10.6. The topological polar surface area (TPSA) is 133 Å². The van der Waals surface area contributed by atoms with Crippen molar-refractivity contribution in [3.8, 4) is 6.07 Å². The van der Waals surface area contributed by atoms with Gasteiger partial charge in [0.2, 0.25) is 10.0 Å². The summed E-state index contributed by atoms with van der Waals surface area (Å²) in [5, 5.41) is 17.7. The van der Waals surface area contributed by atoms with Crippen LogP contribution in [0.15, 0.2) is 29.2 Å². The van der Waals surface area contributed by atoms with Crippen molar-refractivity contribution >= 4 is 25.8 Å². The first-order valence-electron chi connectivity index (χ1n) is 8.60. The van der Waals surface area contributed by atoms with Crippen LogP contribution in [-0.2, 0) is 24.7 Å². The van der Waals surface area contributed by atoms with Crippen LogP contribution in [-0.4, -0.2) is 56.3 Å². The molecule has 1 aliphatic rings. The van der Waals surface area contributed by atoms with Crippen molar-refractivity contribution in [3.05, 3.63) is 29.8 Å². The third-order valence-electron chi connectivity index (χ3n) is 4.45. The number of benzene rings is 1. The summed E-state index contributed by atoms with van der Waals surface area (Å²) in [4.78, 5) is 10.5. The maximum absolute atomic E-state index is 13.1. The lowest BCUT2D eigenvalue weighted by molar-refractivity contribution is -0.137. The number of nitriles is 1. The van der Waals surface area contributed by atoms with Crippen molar-refractivity contribution in [2.75, 3.05) is 18.1 Å². The number of sulfonamides is 1. The number of aliphatic carboxylic acids is 1. The first kappa shape index (κ1) is 21.3. The lowest BCUT2D eigenvalue weighted by Gasteiger charge is -2.27. The minimum absolute atomic E-state index is 0.00870. The van der Waals surface area contributed by atoms with E-state index >= 15 is 0 Å². The van der Waals surface area contributed by atoms with Gasteiger partial charge in [0.1, 0.15) is 0 Å². The number of hydrogen-bond donors (Lipinski definition) is 1. The van der Waals surface area contributed by atoms with Crippen molar-refractivity contribution in [1.29, 1.82) is 5.26 Å². The lowest BCUT2D eigenvalue weighted by Crippen LogP contribution is -2.41. The number of carbonyl (C=O) groups is 1. The summed E-state index contributed by atoms with van der Waals surface area (Å²) >= 11 is 0. The molecule has 1 saturated heterocycles. The summed E-state index contributed by atoms with van der Waals surface area (Å²) in [6, 6.07) is 6.88. The van der Waals surface area contributed by atoms with Gasteiger partial charge in [0.25, 0.3) is 0 Å². The van der Waals surface area contributed by atoms with Crippen molar-refractivity contribution in [2.45, 2.75) is 43.0 Å². The van der Waals surface area contributed by atoms with Crippen LogP contribution in [0.1, 0.15) is 37.7 Å². The van der Waals surface area contributed by atoms with Crippen LogP contribution in [0.3, 0.4) is 0 Å². The number of unbranched alkanes of at least 4 members (excludes halogenated alkanes) is 2. The first-order valence-corrected chi connectivity index (χ1v) is 11.9. The van der Waals surface area contributed by atoms with Gasteiger partial charge in [-0.25, -0.2) is 16.8 Å². The van der Waals surface area contributed by atoms with Crippen LogP contribution >= 0.6 is 0 Å². The average Bonchev–Trinajstić information content (AvgIpc) is 2.97. The Kier molecular flexibility index (Phi) is 6.97. The molecule has 0 bridgehead atoms. The standard InChI is InChI=1S/C17H22N2O6S2/c18-12-14-5-4-6-16(11-14)27(24,25)19(9-3-1-2-7-17(20)21)15-8-10-26(22,23)13-15/h4-6,11,15H,1-3,7-10,13H2,(H,20,21)/t15-/m0/s1. The molecule has 1 aromatic carbocycles. The van der Waals surface area contributed by atoms with E-state index in [2.05, 4.69) is 0 Å². The van der Waals surface area contributed by atoms with Gasteiger partial charge in [0.15, 0.2) is 9.84 Å². The summed E-state index contributed by atoms with van der Waals surface area (Å²) in [5.74, 6) is -1.19. The van der Waals surface area contributed by atoms with Gasteiger partial charge >= 0.3 is 5.97 Å². The second kappa shape index (κ2) is 8.82. The van der Waals surface area contributed by atoms with Crippen LogP contribution in [0, 0.1) is 11.3 Å². The molecule has 0 spiro atoms. The Balaban J connectivity index is 2.22. The van der Waals surface area contributed by atoms with E-state index in [0.717, 1.165) is 0 Å². The average molecular weight is 415 g/mol. The summed E-state index contributed by atoms with van der Waals surface area (Å²) in [5.41, 5.74) is 0.205. The zero-order chi connectivity index (χ0) is 20.1. The third kappa shape index (κ3) is 5.76. The highest BCUT2D eigenvalue weighted by Gasteiger charge is 2.38. The first-order chi connectivity index (χ1) is 12.7. The monoisotopic (exact) mass is 414 g/mol. The van der Waals surface area contributed by atoms with Gasteiger partial charge in [-0.15, -0.1) is 0 Å². The molecule has 0 aliphatic carbocycles. The molecule has 1 fully saturated rings. The summed E-state index contributed by atoms with van der Waals surface area (Å²) < 4.78 is 51.1. The SMILES string of the molecule is N#Cc1cccc(S(=O)(=O)N(CCCCCC(=O)O)[C@H]2CCS(=O)(=O)C2)c1. The molecule has 148 valence electrons. The molecule has 1 N–H and O–H groups in total. The molecule has 1 atom stereocenters. The second-order valence-electron chi connectivity index (χ2n) is 6.52. The normalized spacial score (nSPS) is 19.0. The molecule has 27 heavy (non-hydrogen) atoms. The largest absolute Gasteiger partial charge is 0.481 e. The predicted octanol–water partition coefficient (Wildman–Crippen LogP) is 1.38. The highest BCUT2D eigenvalue weighted by molar-refractivity contribution is 7.92. The Hall–Kier alpha value is -1.96. The molecular formula is C17H22N2O6S2. The zero-order valence-corrected chi connectivity index (χ0v) is 16.4. The minimum Gasteiger partial charge on any atom is -0.481 e. The zero-order valence-electron chi connectivity index (χ0n) is 14.7. The number of carboxylic acid groups (broad SMARTS) is 1. The molecular weight excluding hydrogens is 392 g/mol. The number of sulfone groups is 1. The number of nitrogens with zero attached hydrogens (tertiary/aromatic N) is 2. The van der Waals surface area contributed by atoms with E-state index in [9.17, 15) is 21.6 Å². The quantitative estimate of drug-likeness (QED) is 0.604. The van der Waals surface area contributed by atoms with Gasteiger partial charge < -0.3 is 5.11 Å². The fourth-order valence-corrected chi connectivity index (χ4v) is 6.65. The van der Waals surface area contributed by atoms with Crippen LogP contribution in [0.2, 0.25) is 0 Å². The van der Waals surface area contributed by atoms with Gasteiger partial charge in [0, 0.05) is 19.0 Å². The number of hydrogen-bond acceptors (Lipinski definition) is 6. The van der Waals surface area contributed by atoms with Crippen molar-refractivity contribution < 1.29 is 26.7 Å². The molecule has 0 saturated carbocycles.